The van der Waals surface area contributed by atoms with Crippen LogP contribution in [0.3, 0.4) is 0 Å². The van der Waals surface area contributed by atoms with Crippen molar-refractivity contribution >= 4 is 27.7 Å². The third-order valence-electron chi connectivity index (χ3n) is 1.91. The summed E-state index contributed by atoms with van der Waals surface area (Å²) in [6.07, 6.45) is 0.699. The van der Waals surface area contributed by atoms with Crippen molar-refractivity contribution in [3.8, 4) is 0 Å². The minimum absolute atomic E-state index is 0.00000567. The molecule has 0 fully saturated rings. The number of hydrogen-bond acceptors (Lipinski definition) is 3. The molecular weight excluding hydrogens is 260 g/mol. The van der Waals surface area contributed by atoms with Gasteiger partial charge in [-0.05, 0) is 13.3 Å². The summed E-state index contributed by atoms with van der Waals surface area (Å²) in [5, 5.41) is 0. The van der Waals surface area contributed by atoms with E-state index in [0.717, 1.165) is 0 Å². The Kier molecular flexibility index (Phi) is 6.24. The quantitative estimate of drug-likeness (QED) is 0.261. The van der Waals surface area contributed by atoms with Crippen molar-refractivity contribution in [1.29, 1.82) is 0 Å². The van der Waals surface area contributed by atoms with Crippen molar-refractivity contribution in [3.63, 3.8) is 0 Å². The first-order chi connectivity index (χ1) is 6.93. The number of nitrogens with zero attached hydrogens (tertiary/aromatic N) is 2. The molecule has 0 aromatic rings. The minimum atomic E-state index is -0.460. The largest absolute Gasteiger partial charge is 0.463 e. The lowest BCUT2D eigenvalue weighted by atomic mass is 10.4. The van der Waals surface area contributed by atoms with Gasteiger partial charge >= 0.3 is 5.97 Å². The van der Waals surface area contributed by atoms with Crippen LogP contribution in [0, 0.1) is 0 Å². The third-order valence-corrected chi connectivity index (χ3v) is 2.52. The van der Waals surface area contributed by atoms with Gasteiger partial charge in [-0.25, -0.2) is 9.79 Å². The van der Waals surface area contributed by atoms with Gasteiger partial charge < -0.3 is 9.64 Å². The Labute approximate surface area is 99.1 Å². The summed E-state index contributed by atoms with van der Waals surface area (Å²) in [6.45, 7) is 7.56. The molecule has 0 bridgehead atoms. The molecule has 0 amide bonds. The van der Waals surface area contributed by atoms with Gasteiger partial charge in [-0.3, -0.25) is 0 Å². The second kappa shape index (κ2) is 6.61. The van der Waals surface area contributed by atoms with E-state index in [4.69, 9.17) is 0 Å². The number of aliphatic imine (C=N–C) groups is 1. The Morgan fingerprint density at radius 3 is 2.53 bits per heavy atom. The standard InChI is InChI=1S/C10H17BrN2O2/c1-6-7(2)12-9(10(14)15-5)13(4)8(3)11/h8H,2,6H2,1,3-5H3/b12-9-. The number of ether oxygens (including phenoxy) is 1. The normalized spacial score (nSPS) is 13.3. The molecule has 0 aromatic carbocycles. The Morgan fingerprint density at radius 1 is 1.67 bits per heavy atom. The molecule has 0 aliphatic carbocycles. The highest BCUT2D eigenvalue weighted by Crippen LogP contribution is 2.08. The van der Waals surface area contributed by atoms with Crippen LogP contribution in [0.4, 0.5) is 0 Å². The molecule has 0 heterocycles. The number of rotatable bonds is 3. The van der Waals surface area contributed by atoms with Crippen LogP contribution in [-0.2, 0) is 9.53 Å². The maximum Gasteiger partial charge on any atom is 0.373 e. The molecule has 1 atom stereocenters. The Bertz CT molecular complexity index is 275. The van der Waals surface area contributed by atoms with Gasteiger partial charge in [0.1, 0.15) is 0 Å². The molecule has 86 valence electrons. The van der Waals surface area contributed by atoms with Gasteiger partial charge in [0.15, 0.2) is 0 Å². The van der Waals surface area contributed by atoms with E-state index in [1.165, 1.54) is 7.11 Å². The fraction of sp³-hybridized carbons (Fsp3) is 0.600. The number of esters is 1. The molecule has 0 rings (SSSR count). The zero-order chi connectivity index (χ0) is 12.0. The van der Waals surface area contributed by atoms with E-state index < -0.39 is 5.97 Å². The summed E-state index contributed by atoms with van der Waals surface area (Å²) in [4.78, 5) is 17.3. The zero-order valence-corrected chi connectivity index (χ0v) is 11.2. The highest BCUT2D eigenvalue weighted by atomic mass is 79.9. The monoisotopic (exact) mass is 276 g/mol. The maximum absolute atomic E-state index is 11.5. The van der Waals surface area contributed by atoms with E-state index in [9.17, 15) is 4.79 Å². The van der Waals surface area contributed by atoms with Crippen LogP contribution in [0.25, 0.3) is 0 Å². The summed E-state index contributed by atoms with van der Waals surface area (Å²) in [5.74, 6) is -0.202. The number of hydrogen-bond donors (Lipinski definition) is 0. The molecule has 0 aliphatic heterocycles. The topological polar surface area (TPSA) is 41.9 Å². The summed E-state index contributed by atoms with van der Waals surface area (Å²) >= 11 is 3.36. The van der Waals surface area contributed by atoms with E-state index >= 15 is 0 Å². The van der Waals surface area contributed by atoms with E-state index in [1.807, 2.05) is 13.8 Å². The first kappa shape index (κ1) is 14.2. The summed E-state index contributed by atoms with van der Waals surface area (Å²) in [6, 6.07) is 0. The summed E-state index contributed by atoms with van der Waals surface area (Å²) < 4.78 is 4.66. The number of amidine groups is 1. The van der Waals surface area contributed by atoms with Crippen LogP contribution >= 0.6 is 15.9 Å². The minimum Gasteiger partial charge on any atom is -0.463 e. The van der Waals surface area contributed by atoms with Gasteiger partial charge in [-0.2, -0.15) is 0 Å². The van der Waals surface area contributed by atoms with E-state index in [0.29, 0.717) is 12.1 Å². The van der Waals surface area contributed by atoms with Gasteiger partial charge in [0.2, 0.25) is 5.84 Å². The number of halogens is 1. The van der Waals surface area contributed by atoms with Gasteiger partial charge in [0, 0.05) is 12.7 Å². The lowest BCUT2D eigenvalue weighted by molar-refractivity contribution is -0.133. The Balaban J connectivity index is 4.97. The summed E-state index contributed by atoms with van der Waals surface area (Å²) in [5.41, 5.74) is 0.649. The molecule has 0 spiro atoms. The van der Waals surface area contributed by atoms with Gasteiger partial charge in [0.05, 0.1) is 12.1 Å². The molecule has 5 heteroatoms. The van der Waals surface area contributed by atoms with Crippen LogP contribution in [0.1, 0.15) is 20.3 Å². The van der Waals surface area contributed by atoms with Gasteiger partial charge in [-0.15, -0.1) is 0 Å². The Hall–Kier alpha value is -0.840. The zero-order valence-electron chi connectivity index (χ0n) is 9.58. The molecule has 0 saturated heterocycles. The maximum atomic E-state index is 11.5. The van der Waals surface area contributed by atoms with Crippen molar-refractivity contribution in [1.82, 2.24) is 4.90 Å². The highest BCUT2D eigenvalue weighted by molar-refractivity contribution is 9.09. The lowest BCUT2D eigenvalue weighted by Gasteiger charge is -2.22. The second-order valence-electron chi connectivity index (χ2n) is 3.03. The van der Waals surface area contributed by atoms with E-state index in [1.54, 1.807) is 11.9 Å². The molecule has 1 unspecified atom stereocenters. The first-order valence-corrected chi connectivity index (χ1v) is 5.57. The molecule has 0 N–H and O–H groups in total. The molecular formula is C10H17BrN2O2. The molecule has 4 nitrogen and oxygen atoms in total. The lowest BCUT2D eigenvalue weighted by Crippen LogP contribution is -2.37. The van der Waals surface area contributed by atoms with E-state index in [-0.39, 0.29) is 10.8 Å². The van der Waals surface area contributed by atoms with Crippen LogP contribution < -0.4 is 0 Å². The van der Waals surface area contributed by atoms with Gasteiger partial charge in [0.25, 0.3) is 0 Å². The van der Waals surface area contributed by atoms with E-state index in [2.05, 4.69) is 32.2 Å². The molecule has 0 saturated carbocycles. The van der Waals surface area contributed by atoms with Crippen molar-refractivity contribution < 1.29 is 9.53 Å². The number of carbonyl (C=O) groups excluding carboxylic acids is 1. The average molecular weight is 277 g/mol. The molecule has 0 radical (unpaired) electrons. The average Bonchev–Trinajstić information content (AvgIpc) is 2.23. The first-order valence-electron chi connectivity index (χ1n) is 4.65. The number of likely N-dealkylation sites (N-methyl/N-ethyl adjacent to an activating group) is 1. The van der Waals surface area contributed by atoms with Crippen LogP contribution in [0.2, 0.25) is 0 Å². The SMILES string of the molecule is C=C(CC)/N=C(/C(=O)OC)N(C)C(C)Br. The van der Waals surface area contributed by atoms with Crippen molar-refractivity contribution in [2.24, 2.45) is 4.99 Å². The van der Waals surface area contributed by atoms with Gasteiger partial charge in [-0.1, -0.05) is 29.4 Å². The van der Waals surface area contributed by atoms with Crippen molar-refractivity contribution in [2.45, 2.75) is 25.2 Å². The van der Waals surface area contributed by atoms with Crippen molar-refractivity contribution in [2.75, 3.05) is 14.2 Å². The fourth-order valence-corrected chi connectivity index (χ4v) is 0.951. The number of methoxy groups -OCH3 is 1. The van der Waals surface area contributed by atoms with Crippen molar-refractivity contribution in [3.05, 3.63) is 12.3 Å². The predicted molar refractivity (Wildman–Crippen MR) is 65.0 cm³/mol. The number of carbonyl (C=O) groups is 1. The Morgan fingerprint density at radius 2 is 2.20 bits per heavy atom. The molecule has 0 aliphatic rings. The number of alkyl halides is 1. The molecule has 0 aromatic heterocycles. The van der Waals surface area contributed by atoms with Crippen LogP contribution in [0.15, 0.2) is 17.3 Å². The predicted octanol–water partition coefficient (Wildman–Crippen LogP) is 2.15. The molecule has 15 heavy (non-hydrogen) atoms. The fourth-order valence-electron chi connectivity index (χ4n) is 0.757. The second-order valence-corrected chi connectivity index (χ2v) is 4.36. The highest BCUT2D eigenvalue weighted by Gasteiger charge is 2.19. The van der Waals surface area contributed by atoms with Crippen LogP contribution in [0.5, 0.6) is 0 Å². The summed E-state index contributed by atoms with van der Waals surface area (Å²) in [7, 11) is 3.09. The number of allylic oxidation sites excluding steroid dienone is 1. The van der Waals surface area contributed by atoms with Crippen LogP contribution in [-0.4, -0.2) is 35.8 Å². The smallest absolute Gasteiger partial charge is 0.373 e. The third kappa shape index (κ3) is 4.46.